The molecule has 0 aliphatic carbocycles. The van der Waals surface area contributed by atoms with E-state index >= 15 is 0 Å². The third kappa shape index (κ3) is 3.82. The zero-order valence-corrected chi connectivity index (χ0v) is 13.6. The monoisotopic (exact) mass is 328 g/mol. The summed E-state index contributed by atoms with van der Waals surface area (Å²) in [6, 6.07) is 9.71. The molecule has 0 saturated carbocycles. The fraction of sp³-hybridized carbons (Fsp3) is 0.333. The topological polar surface area (TPSA) is 57.3 Å². The fourth-order valence-corrected chi connectivity index (χ4v) is 2.87. The van der Waals surface area contributed by atoms with Gasteiger partial charge < -0.3 is 15.5 Å². The normalized spacial score (nSPS) is 15.2. The summed E-state index contributed by atoms with van der Waals surface area (Å²) in [6.45, 7) is 3.61. The Bertz CT molecular complexity index is 701. The number of hydrogen-bond acceptors (Lipinski definition) is 3. The lowest BCUT2D eigenvalue weighted by atomic mass is 10.2. The minimum atomic E-state index is -0.388. The molecule has 1 fully saturated rings. The van der Waals surface area contributed by atoms with Crippen molar-refractivity contribution in [2.75, 3.05) is 23.3 Å². The maximum Gasteiger partial charge on any atom is 0.319 e. The van der Waals surface area contributed by atoms with E-state index in [0.29, 0.717) is 11.4 Å². The van der Waals surface area contributed by atoms with Crippen LogP contribution in [0.1, 0.15) is 31.5 Å². The van der Waals surface area contributed by atoms with E-state index in [1.54, 1.807) is 18.3 Å². The average molecular weight is 328 g/mol. The van der Waals surface area contributed by atoms with Crippen LogP contribution in [0.4, 0.5) is 20.6 Å². The van der Waals surface area contributed by atoms with Crippen molar-refractivity contribution in [3.8, 4) is 0 Å². The van der Waals surface area contributed by atoms with Gasteiger partial charge in [0.2, 0.25) is 0 Å². The Morgan fingerprint density at radius 2 is 2.04 bits per heavy atom. The number of anilines is 2. The Morgan fingerprint density at radius 1 is 1.25 bits per heavy atom. The Balaban J connectivity index is 1.61. The van der Waals surface area contributed by atoms with E-state index in [0.717, 1.165) is 31.6 Å². The van der Waals surface area contributed by atoms with Gasteiger partial charge in [-0.25, -0.2) is 9.18 Å². The number of pyridine rings is 1. The highest BCUT2D eigenvalue weighted by Gasteiger charge is 2.17. The largest absolute Gasteiger partial charge is 0.369 e. The summed E-state index contributed by atoms with van der Waals surface area (Å²) in [7, 11) is 0. The highest BCUT2D eigenvalue weighted by Crippen LogP contribution is 2.26. The summed E-state index contributed by atoms with van der Waals surface area (Å²) >= 11 is 0. The van der Waals surface area contributed by atoms with Crippen molar-refractivity contribution >= 4 is 17.4 Å². The van der Waals surface area contributed by atoms with E-state index in [1.165, 1.54) is 6.07 Å². The van der Waals surface area contributed by atoms with Crippen LogP contribution in [-0.2, 0) is 0 Å². The van der Waals surface area contributed by atoms with Crippen molar-refractivity contribution in [3.63, 3.8) is 0 Å². The molecule has 2 N–H and O–H groups in total. The van der Waals surface area contributed by atoms with Crippen LogP contribution >= 0.6 is 0 Å². The van der Waals surface area contributed by atoms with Gasteiger partial charge in [-0.1, -0.05) is 6.07 Å². The zero-order valence-electron chi connectivity index (χ0n) is 13.6. The number of nitrogens with zero attached hydrogens (tertiary/aromatic N) is 2. The third-order valence-corrected chi connectivity index (χ3v) is 4.13. The molecule has 2 aromatic rings. The lowest BCUT2D eigenvalue weighted by Gasteiger charge is -2.19. The first-order valence-corrected chi connectivity index (χ1v) is 8.16. The van der Waals surface area contributed by atoms with Gasteiger partial charge in [-0.15, -0.1) is 0 Å². The Labute approximate surface area is 140 Å². The molecular weight excluding hydrogens is 307 g/mol. The van der Waals surface area contributed by atoms with Gasteiger partial charge in [0, 0.05) is 25.0 Å². The molecule has 0 radical (unpaired) electrons. The summed E-state index contributed by atoms with van der Waals surface area (Å²) in [5.41, 5.74) is 1.80. The lowest BCUT2D eigenvalue weighted by Crippen LogP contribution is -2.31. The predicted octanol–water partition coefficient (Wildman–Crippen LogP) is 3.70. The summed E-state index contributed by atoms with van der Waals surface area (Å²) in [5, 5.41) is 5.45. The second-order valence-electron chi connectivity index (χ2n) is 5.94. The van der Waals surface area contributed by atoms with Crippen LogP contribution in [0.2, 0.25) is 0 Å². The molecule has 1 aliphatic heterocycles. The standard InChI is InChI=1S/C18H21FN4O/c1-13(16-6-2-3-9-20-16)21-18(24)22-14-7-8-17(15(19)12-14)23-10-4-5-11-23/h2-3,6-9,12-13H,4-5,10-11H2,1H3,(H2,21,22,24)/t13-/m1/s1. The highest BCUT2D eigenvalue weighted by atomic mass is 19.1. The molecule has 1 aliphatic rings. The SMILES string of the molecule is C[C@@H](NC(=O)Nc1ccc(N2CCCC2)c(F)c1)c1ccccn1. The van der Waals surface area contributed by atoms with Gasteiger partial charge in [0.05, 0.1) is 17.4 Å². The van der Waals surface area contributed by atoms with Crippen LogP contribution in [0.25, 0.3) is 0 Å². The van der Waals surface area contributed by atoms with E-state index in [-0.39, 0.29) is 17.9 Å². The predicted molar refractivity (Wildman–Crippen MR) is 92.7 cm³/mol. The van der Waals surface area contributed by atoms with Gasteiger partial charge in [0.15, 0.2) is 0 Å². The summed E-state index contributed by atoms with van der Waals surface area (Å²) < 4.78 is 14.3. The number of carbonyl (C=O) groups excluding carboxylic acids is 1. The van der Waals surface area contributed by atoms with Crippen molar-refractivity contribution < 1.29 is 9.18 Å². The van der Waals surface area contributed by atoms with Gasteiger partial charge in [-0.2, -0.15) is 0 Å². The van der Waals surface area contributed by atoms with Crippen LogP contribution in [0, 0.1) is 5.82 Å². The maximum atomic E-state index is 14.3. The number of aromatic nitrogens is 1. The van der Waals surface area contributed by atoms with Crippen molar-refractivity contribution in [2.45, 2.75) is 25.8 Å². The first kappa shape index (κ1) is 16.2. The number of hydrogen-bond donors (Lipinski definition) is 2. The first-order chi connectivity index (χ1) is 11.6. The molecule has 126 valence electrons. The molecule has 1 saturated heterocycles. The average Bonchev–Trinajstić information content (AvgIpc) is 3.10. The van der Waals surface area contributed by atoms with Gasteiger partial charge >= 0.3 is 6.03 Å². The minimum Gasteiger partial charge on any atom is -0.369 e. The van der Waals surface area contributed by atoms with E-state index in [2.05, 4.69) is 15.6 Å². The third-order valence-electron chi connectivity index (χ3n) is 4.13. The molecule has 5 nitrogen and oxygen atoms in total. The molecule has 0 bridgehead atoms. The van der Waals surface area contributed by atoms with E-state index in [4.69, 9.17) is 0 Å². The molecular formula is C18H21FN4O. The van der Waals surface area contributed by atoms with Gasteiger partial charge in [-0.3, -0.25) is 4.98 Å². The van der Waals surface area contributed by atoms with Crippen molar-refractivity contribution in [1.29, 1.82) is 0 Å². The number of benzene rings is 1. The molecule has 1 aromatic carbocycles. The van der Waals surface area contributed by atoms with E-state index in [1.807, 2.05) is 30.0 Å². The van der Waals surface area contributed by atoms with Gasteiger partial charge in [0.25, 0.3) is 0 Å². The zero-order chi connectivity index (χ0) is 16.9. The molecule has 2 heterocycles. The van der Waals surface area contributed by atoms with E-state index in [9.17, 15) is 9.18 Å². The Kier molecular flexibility index (Phi) is 4.93. The van der Waals surface area contributed by atoms with Crippen LogP contribution < -0.4 is 15.5 Å². The Morgan fingerprint density at radius 3 is 2.71 bits per heavy atom. The number of halogens is 1. The molecule has 24 heavy (non-hydrogen) atoms. The van der Waals surface area contributed by atoms with Crippen LogP contribution in [0.15, 0.2) is 42.6 Å². The summed E-state index contributed by atoms with van der Waals surface area (Å²) in [4.78, 5) is 18.3. The number of rotatable bonds is 4. The minimum absolute atomic E-state index is 0.236. The van der Waals surface area contributed by atoms with E-state index < -0.39 is 0 Å². The quantitative estimate of drug-likeness (QED) is 0.900. The van der Waals surface area contributed by atoms with Crippen LogP contribution in [-0.4, -0.2) is 24.1 Å². The molecule has 2 amide bonds. The van der Waals surface area contributed by atoms with Crippen LogP contribution in [0.3, 0.4) is 0 Å². The Hall–Kier alpha value is -2.63. The van der Waals surface area contributed by atoms with Crippen molar-refractivity contribution in [2.24, 2.45) is 0 Å². The summed E-state index contributed by atoms with van der Waals surface area (Å²) in [5.74, 6) is -0.313. The molecule has 0 spiro atoms. The van der Waals surface area contributed by atoms with Gasteiger partial charge in [-0.05, 0) is 50.1 Å². The molecule has 6 heteroatoms. The number of nitrogens with one attached hydrogen (secondary N) is 2. The number of urea groups is 1. The molecule has 3 rings (SSSR count). The van der Waals surface area contributed by atoms with Gasteiger partial charge in [0.1, 0.15) is 5.82 Å². The smallest absolute Gasteiger partial charge is 0.319 e. The maximum absolute atomic E-state index is 14.3. The second kappa shape index (κ2) is 7.29. The first-order valence-electron chi connectivity index (χ1n) is 8.16. The fourth-order valence-electron chi connectivity index (χ4n) is 2.87. The van der Waals surface area contributed by atoms with Crippen LogP contribution in [0.5, 0.6) is 0 Å². The molecule has 0 unspecified atom stereocenters. The number of carbonyl (C=O) groups is 1. The number of amides is 2. The second-order valence-corrected chi connectivity index (χ2v) is 5.94. The lowest BCUT2D eigenvalue weighted by molar-refractivity contribution is 0.249. The van der Waals surface area contributed by atoms with Crippen molar-refractivity contribution in [1.82, 2.24) is 10.3 Å². The summed E-state index contributed by atoms with van der Waals surface area (Å²) in [6.07, 6.45) is 3.86. The highest BCUT2D eigenvalue weighted by molar-refractivity contribution is 5.89. The molecule has 1 atom stereocenters. The van der Waals surface area contributed by atoms with Crippen molar-refractivity contribution in [3.05, 3.63) is 54.1 Å². The molecule has 1 aromatic heterocycles.